The molecule has 0 atom stereocenters. The standard InChI is InChI=1S/C16H30N4/c1-8-9-17-13-12(4)14(18-10-11(2)3)20-15(19-13)16(5,6)7/h11H,8-10H2,1-7H3,(H2,17,18,19,20). The molecule has 0 spiro atoms. The van der Waals surface area contributed by atoms with Gasteiger partial charge in [-0.3, -0.25) is 0 Å². The van der Waals surface area contributed by atoms with Gasteiger partial charge in [-0.2, -0.15) is 0 Å². The van der Waals surface area contributed by atoms with Crippen molar-refractivity contribution in [3.8, 4) is 0 Å². The van der Waals surface area contributed by atoms with Crippen molar-refractivity contribution >= 4 is 11.6 Å². The van der Waals surface area contributed by atoms with Gasteiger partial charge in [0.05, 0.1) is 0 Å². The zero-order chi connectivity index (χ0) is 15.3. The Bertz CT molecular complexity index is 433. The maximum absolute atomic E-state index is 4.72. The molecule has 1 rings (SSSR count). The van der Waals surface area contributed by atoms with Crippen molar-refractivity contribution < 1.29 is 0 Å². The number of rotatable bonds is 6. The van der Waals surface area contributed by atoms with Crippen LogP contribution in [0.2, 0.25) is 0 Å². The SMILES string of the molecule is CCCNc1nc(C(C)(C)C)nc(NCC(C)C)c1C. The second-order valence-electron chi connectivity index (χ2n) is 6.82. The van der Waals surface area contributed by atoms with Crippen LogP contribution >= 0.6 is 0 Å². The summed E-state index contributed by atoms with van der Waals surface area (Å²) < 4.78 is 0. The first-order chi connectivity index (χ1) is 9.25. The predicted octanol–water partition coefficient (Wildman–Crippen LogP) is 3.97. The fourth-order valence-corrected chi connectivity index (χ4v) is 1.74. The van der Waals surface area contributed by atoms with Crippen LogP contribution in [-0.2, 0) is 5.41 Å². The Balaban J connectivity index is 3.13. The Morgan fingerprint density at radius 2 is 1.60 bits per heavy atom. The lowest BCUT2D eigenvalue weighted by molar-refractivity contribution is 0.545. The van der Waals surface area contributed by atoms with Gasteiger partial charge in [0.2, 0.25) is 0 Å². The van der Waals surface area contributed by atoms with Crippen LogP contribution < -0.4 is 10.6 Å². The minimum atomic E-state index is -0.0510. The van der Waals surface area contributed by atoms with E-state index in [-0.39, 0.29) is 5.41 Å². The van der Waals surface area contributed by atoms with Crippen molar-refractivity contribution in [1.82, 2.24) is 9.97 Å². The van der Waals surface area contributed by atoms with Crippen molar-refractivity contribution in [2.75, 3.05) is 23.7 Å². The van der Waals surface area contributed by atoms with Gasteiger partial charge in [0.25, 0.3) is 0 Å². The Hall–Kier alpha value is -1.32. The van der Waals surface area contributed by atoms with Crippen molar-refractivity contribution in [2.45, 2.75) is 60.3 Å². The van der Waals surface area contributed by atoms with E-state index in [0.717, 1.165) is 42.5 Å². The van der Waals surface area contributed by atoms with Gasteiger partial charge in [-0.25, -0.2) is 9.97 Å². The molecule has 1 aromatic rings. The normalized spacial score (nSPS) is 11.8. The number of hydrogen-bond donors (Lipinski definition) is 2. The van der Waals surface area contributed by atoms with Gasteiger partial charge >= 0.3 is 0 Å². The van der Waals surface area contributed by atoms with E-state index in [1.807, 2.05) is 0 Å². The first kappa shape index (κ1) is 16.7. The molecule has 0 radical (unpaired) electrons. The average Bonchev–Trinajstić information content (AvgIpc) is 2.34. The summed E-state index contributed by atoms with van der Waals surface area (Å²) in [6.45, 7) is 16.9. The quantitative estimate of drug-likeness (QED) is 0.826. The monoisotopic (exact) mass is 278 g/mol. The summed E-state index contributed by atoms with van der Waals surface area (Å²) in [7, 11) is 0. The molecule has 0 saturated heterocycles. The molecule has 0 aliphatic heterocycles. The molecule has 1 aromatic heterocycles. The highest BCUT2D eigenvalue weighted by molar-refractivity contribution is 5.57. The minimum Gasteiger partial charge on any atom is -0.370 e. The molecule has 0 bridgehead atoms. The maximum Gasteiger partial charge on any atom is 0.138 e. The number of nitrogens with zero attached hydrogens (tertiary/aromatic N) is 2. The Labute approximate surface area is 123 Å². The van der Waals surface area contributed by atoms with Crippen LogP contribution in [0.25, 0.3) is 0 Å². The van der Waals surface area contributed by atoms with Gasteiger partial charge < -0.3 is 10.6 Å². The summed E-state index contributed by atoms with van der Waals surface area (Å²) in [5, 5.41) is 6.86. The Morgan fingerprint density at radius 1 is 1.05 bits per heavy atom. The van der Waals surface area contributed by atoms with E-state index in [2.05, 4.69) is 59.1 Å². The molecule has 0 unspecified atom stereocenters. The van der Waals surface area contributed by atoms with Gasteiger partial charge in [-0.1, -0.05) is 41.5 Å². The second-order valence-corrected chi connectivity index (χ2v) is 6.82. The highest BCUT2D eigenvalue weighted by atomic mass is 15.1. The van der Waals surface area contributed by atoms with E-state index in [1.165, 1.54) is 0 Å². The molecule has 0 amide bonds. The molecule has 4 nitrogen and oxygen atoms in total. The molecule has 0 aliphatic rings. The maximum atomic E-state index is 4.72. The van der Waals surface area contributed by atoms with E-state index in [9.17, 15) is 0 Å². The molecule has 114 valence electrons. The summed E-state index contributed by atoms with van der Waals surface area (Å²) in [5.74, 6) is 3.39. The van der Waals surface area contributed by atoms with Crippen LogP contribution in [0, 0.1) is 12.8 Å². The number of anilines is 2. The van der Waals surface area contributed by atoms with Gasteiger partial charge in [-0.15, -0.1) is 0 Å². The first-order valence-electron chi connectivity index (χ1n) is 7.62. The molecule has 2 N–H and O–H groups in total. The molecule has 0 aliphatic carbocycles. The Kier molecular flexibility index (Phi) is 5.78. The van der Waals surface area contributed by atoms with E-state index in [0.29, 0.717) is 5.92 Å². The van der Waals surface area contributed by atoms with Crippen LogP contribution in [0.15, 0.2) is 0 Å². The average molecular weight is 278 g/mol. The zero-order valence-corrected chi connectivity index (χ0v) is 14.1. The fourth-order valence-electron chi connectivity index (χ4n) is 1.74. The van der Waals surface area contributed by atoms with Crippen molar-refractivity contribution in [3.63, 3.8) is 0 Å². The third-order valence-electron chi connectivity index (χ3n) is 3.04. The molecule has 0 fully saturated rings. The van der Waals surface area contributed by atoms with Gasteiger partial charge in [0.1, 0.15) is 17.5 Å². The Morgan fingerprint density at radius 3 is 2.05 bits per heavy atom. The molecule has 1 heterocycles. The summed E-state index contributed by atoms with van der Waals surface area (Å²) in [6, 6.07) is 0. The highest BCUT2D eigenvalue weighted by Gasteiger charge is 2.21. The first-order valence-corrected chi connectivity index (χ1v) is 7.62. The molecule has 0 saturated carbocycles. The summed E-state index contributed by atoms with van der Waals surface area (Å²) >= 11 is 0. The summed E-state index contributed by atoms with van der Waals surface area (Å²) in [5.41, 5.74) is 1.05. The van der Waals surface area contributed by atoms with Gasteiger partial charge in [0.15, 0.2) is 0 Å². The van der Waals surface area contributed by atoms with Crippen LogP contribution in [0.3, 0.4) is 0 Å². The molecular weight excluding hydrogens is 248 g/mol. The van der Waals surface area contributed by atoms with E-state index in [1.54, 1.807) is 0 Å². The van der Waals surface area contributed by atoms with Crippen LogP contribution in [0.4, 0.5) is 11.6 Å². The number of aromatic nitrogens is 2. The van der Waals surface area contributed by atoms with E-state index in [4.69, 9.17) is 9.97 Å². The summed E-state index contributed by atoms with van der Waals surface area (Å²) in [6.07, 6.45) is 1.09. The van der Waals surface area contributed by atoms with Crippen LogP contribution in [0.5, 0.6) is 0 Å². The van der Waals surface area contributed by atoms with E-state index < -0.39 is 0 Å². The molecule has 4 heteroatoms. The third kappa shape index (κ3) is 4.66. The molecular formula is C16H30N4. The minimum absolute atomic E-state index is 0.0510. The lowest BCUT2D eigenvalue weighted by Gasteiger charge is -2.21. The smallest absolute Gasteiger partial charge is 0.138 e. The molecule has 0 aromatic carbocycles. The van der Waals surface area contributed by atoms with Crippen molar-refractivity contribution in [1.29, 1.82) is 0 Å². The fraction of sp³-hybridized carbons (Fsp3) is 0.750. The zero-order valence-electron chi connectivity index (χ0n) is 14.1. The van der Waals surface area contributed by atoms with Crippen LogP contribution in [0.1, 0.15) is 59.4 Å². The number of hydrogen-bond acceptors (Lipinski definition) is 4. The van der Waals surface area contributed by atoms with Gasteiger partial charge in [0, 0.05) is 24.1 Å². The van der Waals surface area contributed by atoms with Gasteiger partial charge in [-0.05, 0) is 19.3 Å². The van der Waals surface area contributed by atoms with E-state index >= 15 is 0 Å². The van der Waals surface area contributed by atoms with Crippen molar-refractivity contribution in [2.24, 2.45) is 5.92 Å². The lowest BCUT2D eigenvalue weighted by atomic mass is 9.95. The highest BCUT2D eigenvalue weighted by Crippen LogP contribution is 2.26. The van der Waals surface area contributed by atoms with Crippen LogP contribution in [-0.4, -0.2) is 23.1 Å². The summed E-state index contributed by atoms with van der Waals surface area (Å²) in [4.78, 5) is 9.43. The largest absolute Gasteiger partial charge is 0.370 e. The topological polar surface area (TPSA) is 49.8 Å². The predicted molar refractivity (Wildman–Crippen MR) is 87.6 cm³/mol. The molecule has 20 heavy (non-hydrogen) atoms. The lowest BCUT2D eigenvalue weighted by Crippen LogP contribution is -2.21. The second kappa shape index (κ2) is 6.91. The third-order valence-corrected chi connectivity index (χ3v) is 3.04. The number of nitrogens with one attached hydrogen (secondary N) is 2. The van der Waals surface area contributed by atoms with Crippen molar-refractivity contribution in [3.05, 3.63) is 11.4 Å².